The predicted octanol–water partition coefficient (Wildman–Crippen LogP) is 2.67. The third-order valence-corrected chi connectivity index (χ3v) is 2.98. The Balaban J connectivity index is 2.18. The topological polar surface area (TPSA) is 32.3 Å². The highest BCUT2D eigenvalue weighted by molar-refractivity contribution is 5.81. The van der Waals surface area contributed by atoms with Gasteiger partial charge in [-0.2, -0.15) is 0 Å². The van der Waals surface area contributed by atoms with Gasteiger partial charge < -0.3 is 10.2 Å². The summed E-state index contributed by atoms with van der Waals surface area (Å²) >= 11 is 0. The Kier molecular flexibility index (Phi) is 6.03. The summed E-state index contributed by atoms with van der Waals surface area (Å²) in [5, 5.41) is 2.98. The van der Waals surface area contributed by atoms with Gasteiger partial charge in [-0.15, -0.1) is 0 Å². The van der Waals surface area contributed by atoms with E-state index in [1.54, 1.807) is 0 Å². The number of hydrogen-bond donors (Lipinski definition) is 1. The van der Waals surface area contributed by atoms with Crippen LogP contribution < -0.4 is 5.32 Å². The van der Waals surface area contributed by atoms with Crippen LogP contribution in [0.15, 0.2) is 30.3 Å². The molecule has 3 heteroatoms. The molecule has 106 valence electrons. The van der Waals surface area contributed by atoms with Crippen molar-refractivity contribution in [1.29, 1.82) is 0 Å². The van der Waals surface area contributed by atoms with E-state index in [0.29, 0.717) is 0 Å². The van der Waals surface area contributed by atoms with Crippen molar-refractivity contribution < 1.29 is 4.79 Å². The second kappa shape index (κ2) is 7.29. The van der Waals surface area contributed by atoms with Crippen LogP contribution in [0.2, 0.25) is 0 Å². The van der Waals surface area contributed by atoms with Crippen LogP contribution >= 0.6 is 0 Å². The third kappa shape index (κ3) is 6.39. The highest BCUT2D eigenvalue weighted by Crippen LogP contribution is 2.12. The molecule has 1 aromatic rings. The van der Waals surface area contributed by atoms with Gasteiger partial charge in [0.1, 0.15) is 0 Å². The van der Waals surface area contributed by atoms with Gasteiger partial charge in [-0.25, -0.2) is 0 Å². The van der Waals surface area contributed by atoms with Crippen molar-refractivity contribution in [2.24, 2.45) is 5.41 Å². The van der Waals surface area contributed by atoms with E-state index in [1.807, 2.05) is 26.8 Å². The van der Waals surface area contributed by atoms with E-state index in [0.717, 1.165) is 26.1 Å². The Labute approximate surface area is 117 Å². The lowest BCUT2D eigenvalue weighted by Gasteiger charge is -2.19. The Morgan fingerprint density at radius 3 is 2.42 bits per heavy atom. The molecule has 19 heavy (non-hydrogen) atoms. The number of nitrogens with zero attached hydrogens (tertiary/aromatic N) is 1. The summed E-state index contributed by atoms with van der Waals surface area (Å²) in [5.74, 6) is 0.123. The first kappa shape index (κ1) is 15.7. The summed E-state index contributed by atoms with van der Waals surface area (Å²) in [6.45, 7) is 8.49. The van der Waals surface area contributed by atoms with E-state index in [1.165, 1.54) is 5.56 Å². The van der Waals surface area contributed by atoms with Gasteiger partial charge >= 0.3 is 0 Å². The van der Waals surface area contributed by atoms with Crippen molar-refractivity contribution in [1.82, 2.24) is 10.2 Å². The standard InChI is InChI=1S/C16H26N2O/c1-16(2,3)15(19)17-11-8-12-18(4)13-14-9-6-5-7-10-14/h5-7,9-10H,8,11-13H2,1-4H3,(H,17,19). The molecule has 0 fully saturated rings. The molecule has 0 aliphatic heterocycles. The normalized spacial score (nSPS) is 11.6. The maximum Gasteiger partial charge on any atom is 0.225 e. The molecule has 0 aromatic heterocycles. The first-order valence-corrected chi connectivity index (χ1v) is 6.90. The van der Waals surface area contributed by atoms with Gasteiger partial charge in [-0.3, -0.25) is 4.79 Å². The number of amides is 1. The molecule has 0 atom stereocenters. The fourth-order valence-electron chi connectivity index (χ4n) is 1.79. The van der Waals surface area contributed by atoms with Crippen LogP contribution in [-0.2, 0) is 11.3 Å². The molecule has 0 radical (unpaired) electrons. The van der Waals surface area contributed by atoms with Gasteiger partial charge in [0.15, 0.2) is 0 Å². The third-order valence-electron chi connectivity index (χ3n) is 2.98. The number of carbonyl (C=O) groups excluding carboxylic acids is 1. The summed E-state index contributed by atoms with van der Waals surface area (Å²) < 4.78 is 0. The Morgan fingerprint density at radius 2 is 1.84 bits per heavy atom. The molecule has 0 saturated heterocycles. The zero-order valence-electron chi connectivity index (χ0n) is 12.6. The minimum atomic E-state index is -0.296. The molecule has 0 unspecified atom stereocenters. The van der Waals surface area contributed by atoms with Crippen LogP contribution in [0.3, 0.4) is 0 Å². The molecule has 1 N–H and O–H groups in total. The lowest BCUT2D eigenvalue weighted by Crippen LogP contribution is -2.36. The molecule has 0 aliphatic rings. The van der Waals surface area contributed by atoms with Gasteiger partial charge in [-0.05, 0) is 25.6 Å². The maximum atomic E-state index is 11.7. The van der Waals surface area contributed by atoms with E-state index in [2.05, 4.69) is 41.5 Å². The van der Waals surface area contributed by atoms with Crippen molar-refractivity contribution in [3.63, 3.8) is 0 Å². The van der Waals surface area contributed by atoms with Crippen LogP contribution in [0.25, 0.3) is 0 Å². The summed E-state index contributed by atoms with van der Waals surface area (Å²) in [7, 11) is 2.11. The highest BCUT2D eigenvalue weighted by Gasteiger charge is 2.20. The van der Waals surface area contributed by atoms with Crippen molar-refractivity contribution in [2.45, 2.75) is 33.7 Å². The molecule has 0 heterocycles. The lowest BCUT2D eigenvalue weighted by atomic mass is 9.96. The zero-order valence-corrected chi connectivity index (χ0v) is 12.6. The molecule has 0 aliphatic carbocycles. The van der Waals surface area contributed by atoms with Crippen LogP contribution in [0, 0.1) is 5.41 Å². The van der Waals surface area contributed by atoms with E-state index < -0.39 is 0 Å². The summed E-state index contributed by atoms with van der Waals surface area (Å²) in [5.41, 5.74) is 1.03. The maximum absolute atomic E-state index is 11.7. The minimum Gasteiger partial charge on any atom is -0.356 e. The van der Waals surface area contributed by atoms with Gasteiger partial charge in [-0.1, -0.05) is 51.1 Å². The molecule has 0 bridgehead atoms. The van der Waals surface area contributed by atoms with Gasteiger partial charge in [0, 0.05) is 18.5 Å². The van der Waals surface area contributed by atoms with Crippen LogP contribution in [0.1, 0.15) is 32.8 Å². The largest absolute Gasteiger partial charge is 0.356 e. The molecule has 3 nitrogen and oxygen atoms in total. The Morgan fingerprint density at radius 1 is 1.21 bits per heavy atom. The van der Waals surface area contributed by atoms with Crippen molar-refractivity contribution in [3.8, 4) is 0 Å². The number of hydrogen-bond acceptors (Lipinski definition) is 2. The van der Waals surface area contributed by atoms with Crippen molar-refractivity contribution >= 4 is 5.91 Å². The van der Waals surface area contributed by atoms with E-state index in [9.17, 15) is 4.79 Å². The average Bonchev–Trinajstić information content (AvgIpc) is 2.34. The molecule has 1 rings (SSSR count). The van der Waals surface area contributed by atoms with Crippen LogP contribution in [-0.4, -0.2) is 30.9 Å². The smallest absolute Gasteiger partial charge is 0.225 e. The second-order valence-corrected chi connectivity index (χ2v) is 6.08. The Hall–Kier alpha value is -1.35. The second-order valence-electron chi connectivity index (χ2n) is 6.08. The Bertz CT molecular complexity index is 381. The SMILES string of the molecule is CN(CCCNC(=O)C(C)(C)C)Cc1ccccc1. The fourth-order valence-corrected chi connectivity index (χ4v) is 1.79. The summed E-state index contributed by atoms with van der Waals surface area (Å²) in [6, 6.07) is 10.4. The average molecular weight is 262 g/mol. The van der Waals surface area contributed by atoms with Gasteiger partial charge in [0.25, 0.3) is 0 Å². The molecule has 1 amide bonds. The summed E-state index contributed by atoms with van der Waals surface area (Å²) in [6.07, 6.45) is 0.977. The zero-order chi connectivity index (χ0) is 14.3. The first-order chi connectivity index (χ1) is 8.89. The fraction of sp³-hybridized carbons (Fsp3) is 0.562. The van der Waals surface area contributed by atoms with Gasteiger partial charge in [0.05, 0.1) is 0 Å². The molecular weight excluding hydrogens is 236 g/mol. The van der Waals surface area contributed by atoms with Gasteiger partial charge in [0.2, 0.25) is 5.91 Å². The molecule has 0 saturated carbocycles. The molecular formula is C16H26N2O. The number of carbonyl (C=O) groups is 1. The predicted molar refractivity (Wildman–Crippen MR) is 79.9 cm³/mol. The van der Waals surface area contributed by atoms with Crippen LogP contribution in [0.5, 0.6) is 0 Å². The lowest BCUT2D eigenvalue weighted by molar-refractivity contribution is -0.128. The van der Waals surface area contributed by atoms with Crippen molar-refractivity contribution in [3.05, 3.63) is 35.9 Å². The monoisotopic (exact) mass is 262 g/mol. The molecule has 1 aromatic carbocycles. The van der Waals surface area contributed by atoms with E-state index in [-0.39, 0.29) is 11.3 Å². The highest BCUT2D eigenvalue weighted by atomic mass is 16.2. The minimum absolute atomic E-state index is 0.123. The van der Waals surface area contributed by atoms with E-state index >= 15 is 0 Å². The van der Waals surface area contributed by atoms with E-state index in [4.69, 9.17) is 0 Å². The number of nitrogens with one attached hydrogen (secondary N) is 1. The quantitative estimate of drug-likeness (QED) is 0.799. The number of rotatable bonds is 6. The van der Waals surface area contributed by atoms with Crippen LogP contribution in [0.4, 0.5) is 0 Å². The summed E-state index contributed by atoms with van der Waals surface area (Å²) in [4.78, 5) is 14.0. The number of benzene rings is 1. The molecule has 0 spiro atoms. The first-order valence-electron chi connectivity index (χ1n) is 6.90. The van der Waals surface area contributed by atoms with Crippen molar-refractivity contribution in [2.75, 3.05) is 20.1 Å².